The van der Waals surface area contributed by atoms with Crippen LogP contribution in [0.1, 0.15) is 16.2 Å². The number of piperazine rings is 1. The van der Waals surface area contributed by atoms with Gasteiger partial charge in [-0.3, -0.25) is 4.79 Å². The van der Waals surface area contributed by atoms with Crippen molar-refractivity contribution in [1.29, 1.82) is 0 Å². The summed E-state index contributed by atoms with van der Waals surface area (Å²) in [6.07, 6.45) is 0. The molecule has 0 N–H and O–H groups in total. The predicted molar refractivity (Wildman–Crippen MR) is 87.8 cm³/mol. The molecule has 0 unspecified atom stereocenters. The Hall–Kier alpha value is -2.09. The molecule has 1 saturated heterocycles. The van der Waals surface area contributed by atoms with E-state index in [-0.39, 0.29) is 5.91 Å². The standard InChI is InChI=1S/C15H17BrN4O3/c1-10-17-18-15(23-10)20-7-5-19(6-8-20)14(21)12-9-11(16)3-4-13(12)22-2/h3-4,9H,5-8H2,1-2H3. The molecule has 23 heavy (non-hydrogen) atoms. The minimum atomic E-state index is -0.0375. The molecule has 0 atom stereocenters. The number of benzene rings is 1. The van der Waals surface area contributed by atoms with E-state index in [4.69, 9.17) is 9.15 Å². The highest BCUT2D eigenvalue weighted by Gasteiger charge is 2.26. The normalized spacial score (nSPS) is 14.9. The molecule has 0 radical (unpaired) electrons. The Bertz CT molecular complexity index is 710. The van der Waals surface area contributed by atoms with Crippen LogP contribution in [-0.4, -0.2) is 54.3 Å². The van der Waals surface area contributed by atoms with E-state index in [1.807, 2.05) is 15.9 Å². The van der Waals surface area contributed by atoms with Gasteiger partial charge in [0.05, 0.1) is 12.7 Å². The van der Waals surface area contributed by atoms with Gasteiger partial charge in [-0.2, -0.15) is 0 Å². The molecule has 1 aliphatic rings. The molecular formula is C15H17BrN4O3. The van der Waals surface area contributed by atoms with Crippen molar-refractivity contribution >= 4 is 27.9 Å². The summed E-state index contributed by atoms with van der Waals surface area (Å²) in [5.74, 6) is 1.08. The van der Waals surface area contributed by atoms with Gasteiger partial charge in [-0.1, -0.05) is 21.0 Å². The fourth-order valence-corrected chi connectivity index (χ4v) is 2.89. The zero-order valence-electron chi connectivity index (χ0n) is 13.0. The number of nitrogens with zero attached hydrogens (tertiary/aromatic N) is 4. The number of methoxy groups -OCH3 is 1. The third-order valence-electron chi connectivity index (χ3n) is 3.74. The van der Waals surface area contributed by atoms with Crippen LogP contribution < -0.4 is 9.64 Å². The number of carbonyl (C=O) groups excluding carboxylic acids is 1. The fraction of sp³-hybridized carbons (Fsp3) is 0.400. The van der Waals surface area contributed by atoms with Gasteiger partial charge in [0.15, 0.2) is 0 Å². The summed E-state index contributed by atoms with van der Waals surface area (Å²) in [6, 6.07) is 5.93. The first-order chi connectivity index (χ1) is 11.1. The molecule has 2 heterocycles. The summed E-state index contributed by atoms with van der Waals surface area (Å²) < 4.78 is 11.6. The number of ether oxygens (including phenoxy) is 1. The third kappa shape index (κ3) is 3.31. The first-order valence-corrected chi connectivity index (χ1v) is 8.05. The molecule has 1 aliphatic heterocycles. The molecule has 0 saturated carbocycles. The lowest BCUT2D eigenvalue weighted by Gasteiger charge is -2.33. The van der Waals surface area contributed by atoms with Crippen LogP contribution in [0.3, 0.4) is 0 Å². The molecule has 3 rings (SSSR count). The van der Waals surface area contributed by atoms with E-state index >= 15 is 0 Å². The SMILES string of the molecule is COc1ccc(Br)cc1C(=O)N1CCN(c2nnc(C)o2)CC1. The van der Waals surface area contributed by atoms with Gasteiger partial charge >= 0.3 is 6.01 Å². The van der Waals surface area contributed by atoms with Gasteiger partial charge in [-0.25, -0.2) is 0 Å². The summed E-state index contributed by atoms with van der Waals surface area (Å²) in [5.41, 5.74) is 0.559. The Morgan fingerprint density at radius 1 is 1.26 bits per heavy atom. The van der Waals surface area contributed by atoms with E-state index in [9.17, 15) is 4.79 Å². The van der Waals surface area contributed by atoms with Crippen molar-refractivity contribution in [2.75, 3.05) is 38.2 Å². The number of aryl methyl sites for hydroxylation is 1. The molecular weight excluding hydrogens is 364 g/mol. The Labute approximate surface area is 142 Å². The average molecular weight is 381 g/mol. The van der Waals surface area contributed by atoms with Crippen LogP contribution >= 0.6 is 15.9 Å². The number of hydrogen-bond donors (Lipinski definition) is 0. The van der Waals surface area contributed by atoms with Gasteiger partial charge in [0.2, 0.25) is 5.89 Å². The topological polar surface area (TPSA) is 71.7 Å². The van der Waals surface area contributed by atoms with Gasteiger partial charge in [0.1, 0.15) is 5.75 Å². The van der Waals surface area contributed by atoms with Crippen molar-refractivity contribution in [2.45, 2.75) is 6.92 Å². The predicted octanol–water partition coefficient (Wildman–Crippen LogP) is 2.11. The number of halogens is 1. The lowest BCUT2D eigenvalue weighted by molar-refractivity contribution is 0.0741. The minimum absolute atomic E-state index is 0.0375. The van der Waals surface area contributed by atoms with Crippen molar-refractivity contribution in [1.82, 2.24) is 15.1 Å². The van der Waals surface area contributed by atoms with Gasteiger partial charge in [-0.15, -0.1) is 5.10 Å². The lowest BCUT2D eigenvalue weighted by Crippen LogP contribution is -2.49. The molecule has 2 aromatic rings. The summed E-state index contributed by atoms with van der Waals surface area (Å²) >= 11 is 3.40. The van der Waals surface area contributed by atoms with Gasteiger partial charge < -0.3 is 19.0 Å². The van der Waals surface area contributed by atoms with E-state index in [1.54, 1.807) is 26.2 Å². The zero-order chi connectivity index (χ0) is 16.4. The molecule has 122 valence electrons. The van der Waals surface area contributed by atoms with Gasteiger partial charge in [0.25, 0.3) is 5.91 Å². The Morgan fingerprint density at radius 2 is 2.00 bits per heavy atom. The maximum Gasteiger partial charge on any atom is 0.318 e. The summed E-state index contributed by atoms with van der Waals surface area (Å²) in [4.78, 5) is 16.5. The smallest absolute Gasteiger partial charge is 0.318 e. The summed E-state index contributed by atoms with van der Waals surface area (Å²) in [5, 5.41) is 7.85. The molecule has 1 fully saturated rings. The van der Waals surface area contributed by atoms with Gasteiger partial charge in [0, 0.05) is 37.6 Å². The zero-order valence-corrected chi connectivity index (χ0v) is 14.5. The quantitative estimate of drug-likeness (QED) is 0.811. The monoisotopic (exact) mass is 380 g/mol. The van der Waals surface area contributed by atoms with Crippen LogP contribution in [0.2, 0.25) is 0 Å². The third-order valence-corrected chi connectivity index (χ3v) is 4.24. The average Bonchev–Trinajstić information content (AvgIpc) is 3.01. The maximum absolute atomic E-state index is 12.7. The largest absolute Gasteiger partial charge is 0.496 e. The highest BCUT2D eigenvalue weighted by atomic mass is 79.9. The second kappa shape index (κ2) is 6.57. The van der Waals surface area contributed by atoms with Crippen molar-refractivity contribution in [3.05, 3.63) is 34.1 Å². The first-order valence-electron chi connectivity index (χ1n) is 7.26. The van der Waals surface area contributed by atoms with E-state index in [0.717, 1.165) is 4.47 Å². The summed E-state index contributed by atoms with van der Waals surface area (Å²) in [6.45, 7) is 4.26. The lowest BCUT2D eigenvalue weighted by atomic mass is 10.1. The number of amides is 1. The number of aromatic nitrogens is 2. The van der Waals surface area contributed by atoms with Crippen LogP contribution in [0.25, 0.3) is 0 Å². The van der Waals surface area contributed by atoms with Crippen molar-refractivity contribution in [3.63, 3.8) is 0 Å². The number of carbonyl (C=O) groups is 1. The minimum Gasteiger partial charge on any atom is -0.496 e. The number of anilines is 1. The van der Waals surface area contributed by atoms with Crippen LogP contribution in [0.15, 0.2) is 27.1 Å². The maximum atomic E-state index is 12.7. The molecule has 1 aromatic heterocycles. The fourth-order valence-electron chi connectivity index (χ4n) is 2.53. The van der Waals surface area contributed by atoms with Crippen LogP contribution in [-0.2, 0) is 0 Å². The second-order valence-electron chi connectivity index (χ2n) is 5.23. The Kier molecular flexibility index (Phi) is 4.51. The van der Waals surface area contributed by atoms with Crippen LogP contribution in [0.5, 0.6) is 5.75 Å². The number of hydrogen-bond acceptors (Lipinski definition) is 6. The molecule has 0 spiro atoms. The summed E-state index contributed by atoms with van der Waals surface area (Å²) in [7, 11) is 1.57. The number of rotatable bonds is 3. The second-order valence-corrected chi connectivity index (χ2v) is 6.14. The van der Waals surface area contributed by atoms with E-state index in [2.05, 4.69) is 26.1 Å². The Balaban J connectivity index is 1.70. The van der Waals surface area contributed by atoms with E-state index in [1.165, 1.54) is 0 Å². The van der Waals surface area contributed by atoms with E-state index < -0.39 is 0 Å². The van der Waals surface area contributed by atoms with Crippen molar-refractivity contribution in [2.24, 2.45) is 0 Å². The van der Waals surface area contributed by atoms with Crippen molar-refractivity contribution in [3.8, 4) is 5.75 Å². The van der Waals surface area contributed by atoms with Gasteiger partial charge in [-0.05, 0) is 18.2 Å². The highest BCUT2D eigenvalue weighted by molar-refractivity contribution is 9.10. The van der Waals surface area contributed by atoms with E-state index in [0.29, 0.717) is 49.4 Å². The molecule has 0 aliphatic carbocycles. The Morgan fingerprint density at radius 3 is 2.61 bits per heavy atom. The molecule has 1 aromatic carbocycles. The van der Waals surface area contributed by atoms with Crippen LogP contribution in [0, 0.1) is 6.92 Å². The van der Waals surface area contributed by atoms with Crippen molar-refractivity contribution < 1.29 is 13.9 Å². The first kappa shape index (κ1) is 15.8. The molecule has 7 nitrogen and oxygen atoms in total. The molecule has 8 heteroatoms. The van der Waals surface area contributed by atoms with Crippen LogP contribution in [0.4, 0.5) is 6.01 Å². The molecule has 0 bridgehead atoms. The molecule has 1 amide bonds. The highest BCUT2D eigenvalue weighted by Crippen LogP contribution is 2.25.